The van der Waals surface area contributed by atoms with Crippen LogP contribution >= 0.6 is 0 Å². The van der Waals surface area contributed by atoms with Crippen LogP contribution in [0.3, 0.4) is 0 Å². The highest BCUT2D eigenvalue weighted by Gasteiger charge is 2.37. The van der Waals surface area contributed by atoms with Crippen molar-refractivity contribution in [3.8, 4) is 45.3 Å². The first-order chi connectivity index (χ1) is 20.2. The number of amides is 1. The van der Waals surface area contributed by atoms with Gasteiger partial charge in [0.1, 0.15) is 0 Å². The Hall–Kier alpha value is -5.75. The van der Waals surface area contributed by atoms with E-state index in [1.807, 2.05) is 127 Å². The minimum Gasteiger partial charge on any atom is -0.283 e. The summed E-state index contributed by atoms with van der Waals surface area (Å²) in [6.45, 7) is 0. The first-order valence-corrected chi connectivity index (χ1v) is 13.2. The minimum absolute atomic E-state index is 0.389. The predicted molar refractivity (Wildman–Crippen MR) is 159 cm³/mol. The minimum atomic E-state index is -0.590. The van der Waals surface area contributed by atoms with Crippen LogP contribution in [0.4, 0.5) is 11.4 Å². The van der Waals surface area contributed by atoms with Crippen LogP contribution in [0.25, 0.3) is 45.3 Å². The Bertz CT molecular complexity index is 1870. The summed E-state index contributed by atoms with van der Waals surface area (Å²) in [6, 6.07) is 42.2. The van der Waals surface area contributed by atoms with Crippen molar-refractivity contribution >= 4 is 23.1 Å². The van der Waals surface area contributed by atoms with E-state index in [1.54, 1.807) is 6.07 Å². The number of fused-ring (bicyclic) bond motifs is 1. The molecule has 0 N–H and O–H groups in total. The van der Waals surface area contributed by atoms with E-state index >= 15 is 0 Å². The molecule has 1 aliphatic heterocycles. The lowest BCUT2D eigenvalue weighted by molar-refractivity contribution is -0.113. The lowest BCUT2D eigenvalue weighted by Crippen LogP contribution is -2.24. The van der Waals surface area contributed by atoms with Gasteiger partial charge in [-0.25, -0.2) is 15.0 Å². The van der Waals surface area contributed by atoms with E-state index in [2.05, 4.69) is 0 Å². The molecule has 0 aliphatic carbocycles. The standard InChI is InChI=1S/C35H22N4O2/c40-31-29-22-26(23-11-4-1-5-12-23)19-20-30(29)39(35(31)41)28-18-10-17-27(21-28)34-37-32(24-13-6-2-7-14-24)36-33(38-34)25-15-8-3-9-16-25/h1-22H. The van der Waals surface area contributed by atoms with Gasteiger partial charge in [0, 0.05) is 16.7 Å². The van der Waals surface area contributed by atoms with E-state index in [1.165, 1.54) is 4.90 Å². The molecular formula is C35H22N4O2. The van der Waals surface area contributed by atoms with Gasteiger partial charge in [-0.05, 0) is 35.4 Å². The number of rotatable bonds is 5. The largest absolute Gasteiger partial charge is 0.304 e. The second-order valence-corrected chi connectivity index (χ2v) is 9.66. The lowest BCUT2D eigenvalue weighted by Gasteiger charge is -2.18. The number of benzene rings is 5. The number of hydrogen-bond donors (Lipinski definition) is 0. The molecule has 6 heteroatoms. The Balaban J connectivity index is 1.32. The topological polar surface area (TPSA) is 76.1 Å². The zero-order chi connectivity index (χ0) is 27.8. The van der Waals surface area contributed by atoms with Crippen molar-refractivity contribution < 1.29 is 9.59 Å². The highest BCUT2D eigenvalue weighted by atomic mass is 16.2. The van der Waals surface area contributed by atoms with Crippen molar-refractivity contribution in [2.75, 3.05) is 4.90 Å². The van der Waals surface area contributed by atoms with Crippen molar-refractivity contribution in [2.24, 2.45) is 0 Å². The van der Waals surface area contributed by atoms with Gasteiger partial charge in [0.05, 0.1) is 16.9 Å². The van der Waals surface area contributed by atoms with E-state index in [0.717, 1.165) is 22.3 Å². The van der Waals surface area contributed by atoms with Crippen LogP contribution in [0.5, 0.6) is 0 Å². The van der Waals surface area contributed by atoms with E-state index in [4.69, 9.17) is 15.0 Å². The summed E-state index contributed by atoms with van der Waals surface area (Å²) >= 11 is 0. The number of aromatic nitrogens is 3. The van der Waals surface area contributed by atoms with Crippen molar-refractivity contribution in [1.82, 2.24) is 15.0 Å². The van der Waals surface area contributed by atoms with Gasteiger partial charge in [-0.2, -0.15) is 0 Å². The third-order valence-corrected chi connectivity index (χ3v) is 7.05. The van der Waals surface area contributed by atoms with Crippen LogP contribution in [0, 0.1) is 0 Å². The average molecular weight is 531 g/mol. The Morgan fingerprint density at radius 3 is 1.54 bits per heavy atom. The summed E-state index contributed by atoms with van der Waals surface area (Å²) in [4.78, 5) is 42.2. The maximum absolute atomic E-state index is 13.3. The quantitative estimate of drug-likeness (QED) is 0.217. The van der Waals surface area contributed by atoms with Gasteiger partial charge >= 0.3 is 5.91 Å². The molecule has 2 heterocycles. The summed E-state index contributed by atoms with van der Waals surface area (Å²) < 4.78 is 0. The Morgan fingerprint density at radius 2 is 0.951 bits per heavy atom. The number of nitrogens with zero attached hydrogens (tertiary/aromatic N) is 4. The van der Waals surface area contributed by atoms with Crippen LogP contribution < -0.4 is 4.90 Å². The molecule has 0 spiro atoms. The fourth-order valence-electron chi connectivity index (χ4n) is 5.03. The highest BCUT2D eigenvalue weighted by molar-refractivity contribution is 6.53. The van der Waals surface area contributed by atoms with E-state index in [0.29, 0.717) is 40.0 Å². The first kappa shape index (κ1) is 24.3. The fraction of sp³-hybridized carbons (Fsp3) is 0. The van der Waals surface area contributed by atoms with Crippen LogP contribution in [-0.2, 0) is 4.79 Å². The van der Waals surface area contributed by atoms with Gasteiger partial charge in [0.25, 0.3) is 5.78 Å². The number of carbonyl (C=O) groups is 2. The molecule has 1 aromatic heterocycles. The maximum atomic E-state index is 13.3. The summed E-state index contributed by atoms with van der Waals surface area (Å²) in [5, 5.41) is 0. The van der Waals surface area contributed by atoms with Crippen molar-refractivity contribution in [2.45, 2.75) is 0 Å². The average Bonchev–Trinajstić information content (AvgIpc) is 3.30. The number of ketones is 1. The molecule has 6 aromatic rings. The van der Waals surface area contributed by atoms with Gasteiger partial charge in [0.2, 0.25) is 0 Å². The molecule has 0 bridgehead atoms. The lowest BCUT2D eigenvalue weighted by atomic mass is 10.0. The van der Waals surface area contributed by atoms with Crippen molar-refractivity contribution in [1.29, 1.82) is 0 Å². The SMILES string of the molecule is O=C1C(=O)N(c2cccc(-c3nc(-c4ccccc4)nc(-c4ccccc4)n3)c2)c2ccc(-c3ccccc3)cc21. The molecule has 0 saturated heterocycles. The Kier molecular flexibility index (Phi) is 5.98. The Morgan fingerprint density at radius 1 is 0.439 bits per heavy atom. The number of carbonyl (C=O) groups excluding carboxylic acids is 2. The Labute approximate surface area is 236 Å². The van der Waals surface area contributed by atoms with Crippen molar-refractivity contribution in [3.63, 3.8) is 0 Å². The molecule has 0 radical (unpaired) electrons. The molecule has 5 aromatic carbocycles. The normalized spacial score (nSPS) is 12.4. The number of hydrogen-bond acceptors (Lipinski definition) is 5. The fourth-order valence-corrected chi connectivity index (χ4v) is 5.03. The molecule has 1 aliphatic rings. The van der Waals surface area contributed by atoms with Gasteiger partial charge in [-0.3, -0.25) is 14.5 Å². The third-order valence-electron chi connectivity index (χ3n) is 7.05. The van der Waals surface area contributed by atoms with Crippen LogP contribution in [-0.4, -0.2) is 26.6 Å². The van der Waals surface area contributed by atoms with Gasteiger partial charge < -0.3 is 0 Å². The number of Topliss-reactive ketones (excluding diaryl/α,β-unsaturated/α-hetero) is 1. The summed E-state index contributed by atoms with van der Waals surface area (Å²) in [7, 11) is 0. The maximum Gasteiger partial charge on any atom is 0.304 e. The highest BCUT2D eigenvalue weighted by Crippen LogP contribution is 2.39. The van der Waals surface area contributed by atoms with E-state index in [-0.39, 0.29) is 0 Å². The molecule has 0 saturated carbocycles. The zero-order valence-electron chi connectivity index (χ0n) is 21.8. The summed E-state index contributed by atoms with van der Waals surface area (Å²) in [5.41, 5.74) is 5.81. The molecule has 194 valence electrons. The molecule has 0 unspecified atom stereocenters. The monoisotopic (exact) mass is 530 g/mol. The zero-order valence-corrected chi connectivity index (χ0v) is 21.8. The van der Waals surface area contributed by atoms with Gasteiger partial charge in [-0.15, -0.1) is 0 Å². The van der Waals surface area contributed by atoms with E-state index < -0.39 is 11.7 Å². The first-order valence-electron chi connectivity index (χ1n) is 13.2. The van der Waals surface area contributed by atoms with Crippen molar-refractivity contribution in [3.05, 3.63) is 139 Å². The molecule has 0 fully saturated rings. The third kappa shape index (κ3) is 4.47. The second kappa shape index (κ2) is 10.1. The molecule has 1 amide bonds. The second-order valence-electron chi connectivity index (χ2n) is 9.66. The number of anilines is 2. The molecule has 6 nitrogen and oxygen atoms in total. The van der Waals surface area contributed by atoms with Gasteiger partial charge in [-0.1, -0.05) is 109 Å². The predicted octanol–water partition coefficient (Wildman–Crippen LogP) is 7.40. The molecule has 0 atom stereocenters. The summed E-state index contributed by atoms with van der Waals surface area (Å²) in [6.07, 6.45) is 0. The summed E-state index contributed by atoms with van der Waals surface area (Å²) in [5.74, 6) is 0.448. The smallest absolute Gasteiger partial charge is 0.283 e. The molecular weight excluding hydrogens is 508 g/mol. The molecule has 41 heavy (non-hydrogen) atoms. The van der Waals surface area contributed by atoms with E-state index in [9.17, 15) is 9.59 Å². The van der Waals surface area contributed by atoms with Gasteiger partial charge in [0.15, 0.2) is 17.5 Å². The van der Waals surface area contributed by atoms with Crippen LogP contribution in [0.2, 0.25) is 0 Å². The van der Waals surface area contributed by atoms with Crippen LogP contribution in [0.15, 0.2) is 133 Å². The molecule has 7 rings (SSSR count). The van der Waals surface area contributed by atoms with Crippen LogP contribution in [0.1, 0.15) is 10.4 Å².